The zero-order valence-electron chi connectivity index (χ0n) is 17.1. The fourth-order valence-corrected chi connectivity index (χ4v) is 4.50. The molecule has 2 aromatic carbocycles. The molecule has 0 amide bonds. The van der Waals surface area contributed by atoms with Gasteiger partial charge < -0.3 is 9.72 Å². The summed E-state index contributed by atoms with van der Waals surface area (Å²) in [6, 6.07) is 12.3. The molecule has 4 rings (SSSR count). The van der Waals surface area contributed by atoms with Gasteiger partial charge in [0, 0.05) is 25.3 Å². The lowest BCUT2D eigenvalue weighted by Crippen LogP contribution is -2.24. The molecule has 9 heteroatoms. The standard InChI is InChI=1S/C22H21ClN4O3S/c1-13(19-24-17-7-4-3-6-15(17)20(28)26-19)31-22-25-18-12-14(23)8-9-16(18)21(29)27(22)10-5-11-30-2/h3-4,6-9,12-13H,5,10-11H2,1-2H3,(H,24,26,28). The predicted molar refractivity (Wildman–Crippen MR) is 124 cm³/mol. The van der Waals surface area contributed by atoms with Crippen molar-refractivity contribution in [2.45, 2.75) is 30.3 Å². The Hall–Kier alpha value is -2.68. The van der Waals surface area contributed by atoms with Crippen molar-refractivity contribution in [3.63, 3.8) is 0 Å². The monoisotopic (exact) mass is 456 g/mol. The second-order valence-electron chi connectivity index (χ2n) is 7.09. The second kappa shape index (κ2) is 9.21. The maximum Gasteiger partial charge on any atom is 0.262 e. The highest BCUT2D eigenvalue weighted by Gasteiger charge is 2.18. The van der Waals surface area contributed by atoms with Crippen LogP contribution in [0, 0.1) is 0 Å². The number of thioether (sulfide) groups is 1. The van der Waals surface area contributed by atoms with Crippen molar-refractivity contribution in [1.82, 2.24) is 19.5 Å². The number of nitrogens with zero attached hydrogens (tertiary/aromatic N) is 3. The van der Waals surface area contributed by atoms with E-state index in [2.05, 4.69) is 9.97 Å². The molecule has 0 aliphatic heterocycles. The van der Waals surface area contributed by atoms with Crippen molar-refractivity contribution >= 4 is 45.2 Å². The van der Waals surface area contributed by atoms with Crippen molar-refractivity contribution in [2.75, 3.05) is 13.7 Å². The van der Waals surface area contributed by atoms with E-state index in [1.54, 1.807) is 42.0 Å². The zero-order valence-corrected chi connectivity index (χ0v) is 18.7. The summed E-state index contributed by atoms with van der Waals surface area (Å²) in [4.78, 5) is 37.8. The van der Waals surface area contributed by atoms with Crippen molar-refractivity contribution in [2.24, 2.45) is 0 Å². The molecule has 160 valence electrons. The highest BCUT2D eigenvalue weighted by molar-refractivity contribution is 7.99. The summed E-state index contributed by atoms with van der Waals surface area (Å²) in [5.74, 6) is 0.526. The van der Waals surface area contributed by atoms with E-state index in [0.29, 0.717) is 57.4 Å². The van der Waals surface area contributed by atoms with Crippen LogP contribution >= 0.6 is 23.4 Å². The molecule has 2 heterocycles. The molecule has 0 aliphatic rings. The summed E-state index contributed by atoms with van der Waals surface area (Å²) < 4.78 is 6.79. The lowest BCUT2D eigenvalue weighted by molar-refractivity contribution is 0.189. The molecule has 0 bridgehead atoms. The Morgan fingerprint density at radius 3 is 2.74 bits per heavy atom. The number of fused-ring (bicyclic) bond motifs is 2. The molecule has 1 atom stereocenters. The number of hydrogen-bond donors (Lipinski definition) is 1. The van der Waals surface area contributed by atoms with E-state index < -0.39 is 0 Å². The Morgan fingerprint density at radius 2 is 1.94 bits per heavy atom. The molecule has 1 N–H and O–H groups in total. The van der Waals surface area contributed by atoms with Crippen LogP contribution in [0.1, 0.15) is 24.4 Å². The summed E-state index contributed by atoms with van der Waals surface area (Å²) >= 11 is 7.49. The summed E-state index contributed by atoms with van der Waals surface area (Å²) in [7, 11) is 1.63. The summed E-state index contributed by atoms with van der Waals surface area (Å²) in [6.07, 6.45) is 0.671. The third-order valence-electron chi connectivity index (χ3n) is 4.91. The van der Waals surface area contributed by atoms with Gasteiger partial charge in [0.25, 0.3) is 11.1 Å². The number of rotatable bonds is 7. The average Bonchev–Trinajstić information content (AvgIpc) is 2.75. The molecule has 1 unspecified atom stereocenters. The third kappa shape index (κ3) is 4.51. The number of methoxy groups -OCH3 is 1. The van der Waals surface area contributed by atoms with Crippen molar-refractivity contribution < 1.29 is 4.74 Å². The summed E-state index contributed by atoms with van der Waals surface area (Å²) in [5.41, 5.74) is 0.843. The smallest absolute Gasteiger partial charge is 0.262 e. The number of H-pyrrole nitrogens is 1. The Balaban J connectivity index is 1.76. The number of benzene rings is 2. The van der Waals surface area contributed by atoms with Gasteiger partial charge in [-0.25, -0.2) is 9.97 Å². The lowest BCUT2D eigenvalue weighted by atomic mass is 10.2. The number of nitrogens with one attached hydrogen (secondary N) is 1. The topological polar surface area (TPSA) is 89.9 Å². The molecule has 0 radical (unpaired) electrons. The summed E-state index contributed by atoms with van der Waals surface area (Å²) in [6.45, 7) is 2.92. The normalized spacial score (nSPS) is 12.5. The van der Waals surface area contributed by atoms with Crippen LogP contribution in [-0.4, -0.2) is 33.2 Å². The van der Waals surface area contributed by atoms with E-state index in [1.807, 2.05) is 19.1 Å². The molecule has 0 saturated heterocycles. The van der Waals surface area contributed by atoms with Crippen LogP contribution in [0.25, 0.3) is 21.8 Å². The van der Waals surface area contributed by atoms with Gasteiger partial charge in [-0.05, 0) is 43.7 Å². The van der Waals surface area contributed by atoms with Crippen molar-refractivity contribution in [1.29, 1.82) is 0 Å². The first-order valence-electron chi connectivity index (χ1n) is 9.82. The maximum absolute atomic E-state index is 13.2. The molecule has 0 fully saturated rings. The molecule has 0 spiro atoms. The van der Waals surface area contributed by atoms with Crippen LogP contribution in [0.3, 0.4) is 0 Å². The van der Waals surface area contributed by atoms with Crippen LogP contribution in [-0.2, 0) is 11.3 Å². The van der Waals surface area contributed by atoms with Crippen LogP contribution in [0.4, 0.5) is 0 Å². The van der Waals surface area contributed by atoms with Gasteiger partial charge >= 0.3 is 0 Å². The number of aromatic amines is 1. The van der Waals surface area contributed by atoms with E-state index in [-0.39, 0.29) is 16.4 Å². The highest BCUT2D eigenvalue weighted by atomic mass is 35.5. The van der Waals surface area contributed by atoms with Crippen molar-refractivity contribution in [3.8, 4) is 0 Å². The number of para-hydroxylation sites is 1. The van der Waals surface area contributed by atoms with Crippen LogP contribution < -0.4 is 11.1 Å². The molecule has 0 saturated carbocycles. The lowest BCUT2D eigenvalue weighted by Gasteiger charge is -2.16. The fourth-order valence-electron chi connectivity index (χ4n) is 3.34. The Labute approximate surface area is 187 Å². The molecule has 2 aromatic heterocycles. The average molecular weight is 457 g/mol. The van der Waals surface area contributed by atoms with E-state index in [9.17, 15) is 9.59 Å². The Morgan fingerprint density at radius 1 is 1.13 bits per heavy atom. The summed E-state index contributed by atoms with van der Waals surface area (Å²) in [5, 5.41) is 1.87. The fraction of sp³-hybridized carbons (Fsp3) is 0.273. The first-order chi connectivity index (χ1) is 15.0. The Bertz CT molecular complexity index is 1370. The molecular formula is C22H21ClN4O3S. The quantitative estimate of drug-likeness (QED) is 0.255. The SMILES string of the molecule is COCCCn1c(SC(C)c2nc3ccccc3c(=O)[nH]2)nc2cc(Cl)ccc2c1=O. The van der Waals surface area contributed by atoms with Gasteiger partial charge in [-0.1, -0.05) is 35.5 Å². The molecule has 31 heavy (non-hydrogen) atoms. The highest BCUT2D eigenvalue weighted by Crippen LogP contribution is 2.32. The number of ether oxygens (including phenoxy) is 1. The Kier molecular flexibility index (Phi) is 6.41. The van der Waals surface area contributed by atoms with Crippen molar-refractivity contribution in [3.05, 3.63) is 74.0 Å². The van der Waals surface area contributed by atoms with E-state index in [1.165, 1.54) is 11.8 Å². The minimum absolute atomic E-state index is 0.132. The van der Waals surface area contributed by atoms with Gasteiger partial charge in [0.1, 0.15) is 5.82 Å². The van der Waals surface area contributed by atoms with E-state index in [0.717, 1.165) is 0 Å². The largest absolute Gasteiger partial charge is 0.385 e. The molecular weight excluding hydrogens is 436 g/mol. The van der Waals surface area contributed by atoms with Crippen LogP contribution in [0.2, 0.25) is 5.02 Å². The minimum Gasteiger partial charge on any atom is -0.385 e. The number of aromatic nitrogens is 4. The first kappa shape index (κ1) is 21.5. The van der Waals surface area contributed by atoms with Gasteiger partial charge in [-0.2, -0.15) is 0 Å². The molecule has 4 aromatic rings. The van der Waals surface area contributed by atoms with Gasteiger partial charge in [-0.15, -0.1) is 0 Å². The minimum atomic E-state index is -0.241. The van der Waals surface area contributed by atoms with Gasteiger partial charge in [0.15, 0.2) is 5.16 Å². The van der Waals surface area contributed by atoms with Gasteiger partial charge in [-0.3, -0.25) is 14.2 Å². The predicted octanol–water partition coefficient (Wildman–Crippen LogP) is 4.18. The molecule has 0 aliphatic carbocycles. The van der Waals surface area contributed by atoms with Gasteiger partial charge in [0.2, 0.25) is 0 Å². The molecule has 7 nitrogen and oxygen atoms in total. The van der Waals surface area contributed by atoms with E-state index in [4.69, 9.17) is 21.3 Å². The van der Waals surface area contributed by atoms with Crippen LogP contribution in [0.15, 0.2) is 57.2 Å². The second-order valence-corrected chi connectivity index (χ2v) is 8.83. The number of hydrogen-bond acceptors (Lipinski definition) is 6. The third-order valence-corrected chi connectivity index (χ3v) is 6.25. The maximum atomic E-state index is 13.2. The zero-order chi connectivity index (χ0) is 22.0. The number of halogens is 1. The first-order valence-corrected chi connectivity index (χ1v) is 11.1. The van der Waals surface area contributed by atoms with E-state index >= 15 is 0 Å². The van der Waals surface area contributed by atoms with Crippen LogP contribution in [0.5, 0.6) is 0 Å². The van der Waals surface area contributed by atoms with Gasteiger partial charge in [0.05, 0.1) is 27.1 Å².